The smallest absolute Gasteiger partial charge is 0.305 e. The molecule has 0 radical (unpaired) electrons. The number of unbranched alkanes of at least 4 members (excludes halogenated alkanes) is 20. The first kappa shape index (κ1) is 74.7. The molecule has 20 nitrogen and oxygen atoms in total. The first-order valence-corrected chi connectivity index (χ1v) is 30.4. The van der Waals surface area contributed by atoms with Crippen LogP contribution in [0.1, 0.15) is 264 Å². The summed E-state index contributed by atoms with van der Waals surface area (Å²) in [4.78, 5) is 118. The maximum atomic E-state index is 12.1. The molecule has 462 valence electrons. The van der Waals surface area contributed by atoms with Crippen LogP contribution in [0.2, 0.25) is 0 Å². The van der Waals surface area contributed by atoms with E-state index in [4.69, 9.17) is 47.7 Å². The second-order valence-electron chi connectivity index (χ2n) is 20.1. The van der Waals surface area contributed by atoms with E-state index in [2.05, 4.69) is 6.92 Å². The molecule has 0 unspecified atom stereocenters. The predicted octanol–water partition coefficient (Wildman–Crippen LogP) is 11.6. The van der Waals surface area contributed by atoms with Crippen LogP contribution < -0.4 is 0 Å². The number of carbonyl (C=O) groups excluding carboxylic acids is 9. The topological polar surface area (TPSA) is 274 Å². The molecule has 1 N–H and O–H groups in total. The number of carboxylic acids is 1. The van der Waals surface area contributed by atoms with Gasteiger partial charge in [0.25, 0.3) is 0 Å². The fourth-order valence-corrected chi connectivity index (χ4v) is 7.78. The molecule has 0 aromatic carbocycles. The van der Waals surface area contributed by atoms with Crippen LogP contribution in [-0.4, -0.2) is 124 Å². The lowest BCUT2D eigenvalue weighted by molar-refractivity contribution is -0.146. The third-order valence-electron chi connectivity index (χ3n) is 12.6. The van der Waals surface area contributed by atoms with Crippen molar-refractivity contribution in [3.63, 3.8) is 0 Å². The Balaban J connectivity index is 3.50. The number of ether oxygens (including phenoxy) is 9. The second kappa shape index (κ2) is 57.0. The number of esters is 9. The van der Waals surface area contributed by atoms with Crippen LogP contribution in [0.25, 0.3) is 0 Å². The average Bonchev–Trinajstić information content (AvgIpc) is 3.42. The Hall–Kier alpha value is -5.30. The fraction of sp³-hybridized carbons (Fsp3) is 0.833. The molecule has 0 amide bonds. The van der Waals surface area contributed by atoms with Crippen LogP contribution in [0.15, 0.2) is 0 Å². The maximum absolute atomic E-state index is 12.1. The van der Waals surface area contributed by atoms with Gasteiger partial charge in [-0.3, -0.25) is 47.9 Å². The third-order valence-corrected chi connectivity index (χ3v) is 12.6. The highest BCUT2D eigenvalue weighted by Gasteiger charge is 2.11. The molecule has 0 fully saturated rings. The van der Waals surface area contributed by atoms with Gasteiger partial charge < -0.3 is 47.7 Å². The van der Waals surface area contributed by atoms with Crippen molar-refractivity contribution in [2.24, 2.45) is 0 Å². The van der Waals surface area contributed by atoms with Crippen molar-refractivity contribution in [1.29, 1.82) is 0 Å². The van der Waals surface area contributed by atoms with Gasteiger partial charge in [-0.1, -0.05) is 19.8 Å². The van der Waals surface area contributed by atoms with Crippen molar-refractivity contribution >= 4 is 59.7 Å². The maximum Gasteiger partial charge on any atom is 0.305 e. The number of aliphatic carboxylic acids is 1. The van der Waals surface area contributed by atoms with Crippen molar-refractivity contribution in [2.75, 3.05) is 59.5 Å². The Labute approximate surface area is 477 Å². The van der Waals surface area contributed by atoms with Gasteiger partial charge in [-0.05, 0) is 180 Å². The van der Waals surface area contributed by atoms with E-state index in [0.717, 1.165) is 77.0 Å². The first-order chi connectivity index (χ1) is 38.8. The van der Waals surface area contributed by atoms with Crippen LogP contribution in [-0.2, 0) is 90.6 Å². The van der Waals surface area contributed by atoms with E-state index in [0.29, 0.717) is 200 Å². The molecule has 0 heterocycles. The van der Waals surface area contributed by atoms with Gasteiger partial charge in [0.1, 0.15) is 0 Å². The minimum absolute atomic E-state index is 0.121. The molecule has 20 heteroatoms. The highest BCUT2D eigenvalue weighted by molar-refractivity contribution is 5.72. The van der Waals surface area contributed by atoms with Crippen LogP contribution in [0.4, 0.5) is 0 Å². The van der Waals surface area contributed by atoms with E-state index in [9.17, 15) is 47.9 Å². The number of carbonyl (C=O) groups is 10. The van der Waals surface area contributed by atoms with Gasteiger partial charge in [-0.25, -0.2) is 0 Å². The lowest BCUT2D eigenvalue weighted by Gasteiger charge is -2.07. The molecular weight excluding hydrogens is 1040 g/mol. The average molecular weight is 1140 g/mol. The van der Waals surface area contributed by atoms with Crippen LogP contribution in [0.5, 0.6) is 0 Å². The molecule has 0 aliphatic carbocycles. The van der Waals surface area contributed by atoms with Crippen molar-refractivity contribution in [3.8, 4) is 0 Å². The largest absolute Gasteiger partial charge is 0.481 e. The van der Waals surface area contributed by atoms with E-state index in [1.54, 1.807) is 0 Å². The number of carboxylic acid groups (broad SMARTS) is 1. The lowest BCUT2D eigenvalue weighted by Crippen LogP contribution is -2.09. The summed E-state index contributed by atoms with van der Waals surface area (Å²) in [5, 5.41) is 8.61. The molecule has 0 rings (SSSR count). The Kier molecular flexibility index (Phi) is 53.2. The van der Waals surface area contributed by atoms with Gasteiger partial charge in [0.2, 0.25) is 0 Å². The van der Waals surface area contributed by atoms with Crippen molar-refractivity contribution in [2.45, 2.75) is 264 Å². The summed E-state index contributed by atoms with van der Waals surface area (Å²) >= 11 is 0. The van der Waals surface area contributed by atoms with Gasteiger partial charge in [-0.2, -0.15) is 0 Å². The molecule has 0 spiro atoms. The molecule has 0 aliphatic rings. The summed E-state index contributed by atoms with van der Waals surface area (Å²) in [5.41, 5.74) is 0. The van der Waals surface area contributed by atoms with Gasteiger partial charge in [0.05, 0.1) is 59.5 Å². The summed E-state index contributed by atoms with van der Waals surface area (Å²) in [6.07, 6.45) is 24.2. The molecule has 0 aromatic rings. The van der Waals surface area contributed by atoms with Crippen molar-refractivity contribution in [1.82, 2.24) is 0 Å². The van der Waals surface area contributed by atoms with Crippen LogP contribution in [0, 0.1) is 0 Å². The quantitative estimate of drug-likeness (QED) is 0.0336. The number of hydrogen-bond donors (Lipinski definition) is 1. The van der Waals surface area contributed by atoms with Crippen LogP contribution in [0.3, 0.4) is 0 Å². The predicted molar refractivity (Wildman–Crippen MR) is 297 cm³/mol. The molecule has 0 bridgehead atoms. The Bertz CT molecular complexity index is 1650. The standard InChI is InChI=1S/C60H102O20/c1-2-3-13-33-52(63)72-43-24-5-15-35-54(65)74-45-26-7-17-37-56(67)76-47-28-9-19-39-58(69)78-49-30-11-21-41-60(71)80-50-31-12-22-40-59(70)79-48-29-10-20-38-57(68)77-46-27-8-18-36-55(66)75-44-25-6-16-34-53(64)73-42-23-4-14-32-51(61)62/h2-50H2,1H3,(H,61,62). The summed E-state index contributed by atoms with van der Waals surface area (Å²) in [6.45, 7) is 4.85. The SMILES string of the molecule is CCCCCC(=O)OCCCCCC(=O)OCCCCCC(=O)OCCCCCC(=O)OCCCCCC(=O)OCCCCCC(=O)OCCCCCC(=O)OCCCCCC(=O)OCCCCCC(=O)OCCCCCC(=O)O. The van der Waals surface area contributed by atoms with E-state index in [1.807, 2.05) is 0 Å². The lowest BCUT2D eigenvalue weighted by atomic mass is 10.2. The summed E-state index contributed by atoms with van der Waals surface area (Å²) in [7, 11) is 0. The molecule has 0 atom stereocenters. The van der Waals surface area contributed by atoms with E-state index in [1.165, 1.54) is 0 Å². The summed E-state index contributed by atoms with van der Waals surface area (Å²) in [6, 6.07) is 0. The highest BCUT2D eigenvalue weighted by atomic mass is 16.6. The highest BCUT2D eigenvalue weighted by Crippen LogP contribution is 2.12. The first-order valence-electron chi connectivity index (χ1n) is 30.4. The second-order valence-corrected chi connectivity index (χ2v) is 20.1. The normalized spacial score (nSPS) is 10.8. The minimum Gasteiger partial charge on any atom is -0.481 e. The van der Waals surface area contributed by atoms with E-state index in [-0.39, 0.29) is 92.6 Å². The zero-order chi connectivity index (χ0) is 58.8. The Morgan fingerprint density at radius 2 is 0.338 bits per heavy atom. The summed E-state index contributed by atoms with van der Waals surface area (Å²) in [5.74, 6) is -3.15. The third kappa shape index (κ3) is 57.4. The minimum atomic E-state index is -0.826. The molecule has 0 aromatic heterocycles. The number of rotatable bonds is 58. The summed E-state index contributed by atoms with van der Waals surface area (Å²) < 4.78 is 47.3. The number of hydrogen-bond acceptors (Lipinski definition) is 19. The van der Waals surface area contributed by atoms with Gasteiger partial charge in [0.15, 0.2) is 0 Å². The van der Waals surface area contributed by atoms with Gasteiger partial charge >= 0.3 is 59.7 Å². The van der Waals surface area contributed by atoms with Crippen molar-refractivity contribution < 1.29 is 95.7 Å². The van der Waals surface area contributed by atoms with Crippen LogP contribution >= 0.6 is 0 Å². The fourth-order valence-electron chi connectivity index (χ4n) is 7.78. The molecule has 0 saturated heterocycles. The molecule has 0 aliphatic heterocycles. The van der Waals surface area contributed by atoms with E-state index < -0.39 is 5.97 Å². The van der Waals surface area contributed by atoms with E-state index >= 15 is 0 Å². The molecule has 0 saturated carbocycles. The monoisotopic (exact) mass is 1140 g/mol. The zero-order valence-electron chi connectivity index (χ0n) is 48.9. The zero-order valence-corrected chi connectivity index (χ0v) is 48.9. The Morgan fingerprint density at radius 1 is 0.200 bits per heavy atom. The van der Waals surface area contributed by atoms with Gasteiger partial charge in [-0.15, -0.1) is 0 Å². The Morgan fingerprint density at radius 3 is 0.475 bits per heavy atom. The van der Waals surface area contributed by atoms with Crippen molar-refractivity contribution in [3.05, 3.63) is 0 Å². The molecule has 80 heavy (non-hydrogen) atoms. The molecular formula is C60H102O20. The van der Waals surface area contributed by atoms with Gasteiger partial charge in [0, 0.05) is 64.2 Å².